The van der Waals surface area contributed by atoms with E-state index in [1.807, 2.05) is 11.3 Å². The van der Waals surface area contributed by atoms with E-state index in [0.29, 0.717) is 0 Å². The first kappa shape index (κ1) is 39.1. The molecular formula is C57H61BN2S. The van der Waals surface area contributed by atoms with Gasteiger partial charge in [0.15, 0.2) is 0 Å². The maximum atomic E-state index is 2.89. The lowest BCUT2D eigenvalue weighted by molar-refractivity contribution is 0.325. The molecular weight excluding hydrogens is 756 g/mol. The molecule has 1 aromatic heterocycles. The Hall–Kier alpha value is -4.80. The zero-order chi connectivity index (χ0) is 42.8. The summed E-state index contributed by atoms with van der Waals surface area (Å²) in [6.45, 7) is 29.1. The normalized spacial score (nSPS) is 21.0. The summed E-state index contributed by atoms with van der Waals surface area (Å²) in [4.78, 5) is 5.59. The minimum atomic E-state index is -0.0707. The summed E-state index contributed by atoms with van der Waals surface area (Å²) in [5.41, 5.74) is 21.5. The zero-order valence-corrected chi connectivity index (χ0v) is 39.3. The van der Waals surface area contributed by atoms with Gasteiger partial charge in [-0.05, 0) is 132 Å². The summed E-state index contributed by atoms with van der Waals surface area (Å²) in [5.74, 6) is 0. The van der Waals surface area contributed by atoms with Gasteiger partial charge in [-0.2, -0.15) is 0 Å². The van der Waals surface area contributed by atoms with Gasteiger partial charge in [0.2, 0.25) is 0 Å². The van der Waals surface area contributed by atoms with E-state index in [0.717, 1.165) is 6.42 Å². The fourth-order valence-corrected chi connectivity index (χ4v) is 13.1. The van der Waals surface area contributed by atoms with Gasteiger partial charge in [0.1, 0.15) is 0 Å². The molecule has 0 saturated carbocycles. The van der Waals surface area contributed by atoms with Gasteiger partial charge in [0.05, 0.1) is 16.7 Å². The number of allylic oxidation sites excluding steroid dienone is 2. The summed E-state index contributed by atoms with van der Waals surface area (Å²) in [6, 6.07) is 38.3. The molecule has 2 unspecified atom stereocenters. The first-order valence-electron chi connectivity index (χ1n) is 22.9. The Morgan fingerprint density at radius 3 is 2.10 bits per heavy atom. The zero-order valence-electron chi connectivity index (χ0n) is 38.5. The maximum Gasteiger partial charge on any atom is 0.254 e. The highest BCUT2D eigenvalue weighted by molar-refractivity contribution is 7.26. The molecule has 2 nitrogen and oxygen atoms in total. The number of hydrogen-bond donors (Lipinski definition) is 0. The van der Waals surface area contributed by atoms with Gasteiger partial charge in [0.25, 0.3) is 6.71 Å². The van der Waals surface area contributed by atoms with Crippen LogP contribution in [0.5, 0.6) is 0 Å². The van der Waals surface area contributed by atoms with Gasteiger partial charge in [-0.1, -0.05) is 162 Å². The molecule has 0 amide bonds. The van der Waals surface area contributed by atoms with Crippen molar-refractivity contribution in [1.82, 2.24) is 0 Å². The van der Waals surface area contributed by atoms with Crippen LogP contribution in [0.1, 0.15) is 125 Å². The first-order chi connectivity index (χ1) is 28.8. The van der Waals surface area contributed by atoms with Crippen molar-refractivity contribution in [3.8, 4) is 11.1 Å². The topological polar surface area (TPSA) is 6.48 Å². The number of fused-ring (bicyclic) bond motifs is 9. The highest BCUT2D eigenvalue weighted by Gasteiger charge is 2.56. The van der Waals surface area contributed by atoms with Crippen molar-refractivity contribution in [2.24, 2.45) is 5.41 Å². The molecule has 0 saturated heterocycles. The van der Waals surface area contributed by atoms with Crippen molar-refractivity contribution in [3.63, 3.8) is 0 Å². The number of thiophene rings is 1. The van der Waals surface area contributed by atoms with Crippen molar-refractivity contribution >= 4 is 72.3 Å². The van der Waals surface area contributed by atoms with Crippen LogP contribution in [-0.4, -0.2) is 12.8 Å². The molecule has 61 heavy (non-hydrogen) atoms. The molecule has 0 fully saturated rings. The van der Waals surface area contributed by atoms with Crippen molar-refractivity contribution in [3.05, 3.63) is 143 Å². The van der Waals surface area contributed by atoms with E-state index in [1.165, 1.54) is 94.9 Å². The van der Waals surface area contributed by atoms with Crippen molar-refractivity contribution in [2.45, 2.75) is 130 Å². The summed E-state index contributed by atoms with van der Waals surface area (Å²) in [6.07, 6.45) is 8.64. The molecule has 6 aromatic rings. The average Bonchev–Trinajstić information content (AvgIpc) is 3.60. The highest BCUT2D eigenvalue weighted by atomic mass is 32.1. The Labute approximate surface area is 369 Å². The van der Waals surface area contributed by atoms with E-state index in [4.69, 9.17) is 0 Å². The molecule has 3 aliphatic heterocycles. The molecule has 11 rings (SSSR count). The monoisotopic (exact) mass is 816 g/mol. The predicted octanol–water partition coefficient (Wildman–Crippen LogP) is 13.9. The van der Waals surface area contributed by atoms with Crippen LogP contribution in [0.4, 0.5) is 27.8 Å². The van der Waals surface area contributed by atoms with Crippen LogP contribution in [0.25, 0.3) is 21.2 Å². The van der Waals surface area contributed by atoms with Crippen LogP contribution in [0.2, 0.25) is 0 Å². The number of hydrogen-bond acceptors (Lipinski definition) is 3. The smallest absolute Gasteiger partial charge is 0.254 e. The summed E-state index contributed by atoms with van der Waals surface area (Å²) in [7, 11) is 0. The Morgan fingerprint density at radius 1 is 0.672 bits per heavy atom. The summed E-state index contributed by atoms with van der Waals surface area (Å²) >= 11 is 1.98. The second-order valence-corrected chi connectivity index (χ2v) is 23.9. The third-order valence-corrected chi connectivity index (χ3v) is 16.6. The van der Waals surface area contributed by atoms with E-state index in [2.05, 4.69) is 202 Å². The van der Waals surface area contributed by atoms with E-state index < -0.39 is 0 Å². The fraction of sp³-hybridized carbons (Fsp3) is 0.368. The van der Waals surface area contributed by atoms with Crippen LogP contribution in [-0.2, 0) is 21.7 Å². The third kappa shape index (κ3) is 5.52. The average molecular weight is 817 g/mol. The van der Waals surface area contributed by atoms with Crippen LogP contribution in [0.3, 0.4) is 0 Å². The van der Waals surface area contributed by atoms with E-state index in [9.17, 15) is 0 Å². The Bertz CT molecular complexity index is 2900. The van der Waals surface area contributed by atoms with Gasteiger partial charge in [-0.25, -0.2) is 0 Å². The van der Waals surface area contributed by atoms with Crippen LogP contribution >= 0.6 is 11.3 Å². The Morgan fingerprint density at radius 2 is 1.38 bits per heavy atom. The van der Waals surface area contributed by atoms with Gasteiger partial charge in [-0.3, -0.25) is 0 Å². The van der Waals surface area contributed by atoms with Crippen LogP contribution in [0, 0.1) is 5.41 Å². The molecule has 5 aromatic carbocycles. The van der Waals surface area contributed by atoms with E-state index in [-0.39, 0.29) is 39.8 Å². The van der Waals surface area contributed by atoms with Crippen molar-refractivity contribution in [2.75, 3.05) is 9.80 Å². The lowest BCUT2D eigenvalue weighted by atomic mass is 9.32. The molecule has 0 spiro atoms. The third-order valence-electron chi connectivity index (χ3n) is 15.4. The molecule has 0 radical (unpaired) electrons. The van der Waals surface area contributed by atoms with Crippen molar-refractivity contribution in [1.29, 1.82) is 0 Å². The molecule has 2 aliphatic carbocycles. The second-order valence-electron chi connectivity index (χ2n) is 22.9. The quantitative estimate of drug-likeness (QED) is 0.160. The molecule has 2 atom stereocenters. The van der Waals surface area contributed by atoms with E-state index in [1.54, 1.807) is 16.7 Å². The second kappa shape index (κ2) is 12.7. The largest absolute Gasteiger partial charge is 0.334 e. The van der Waals surface area contributed by atoms with Crippen LogP contribution < -0.4 is 26.2 Å². The van der Waals surface area contributed by atoms with Gasteiger partial charge in [0, 0.05) is 32.7 Å². The number of rotatable bonds is 2. The lowest BCUT2D eigenvalue weighted by Crippen LogP contribution is -2.65. The highest BCUT2D eigenvalue weighted by Crippen LogP contribution is 2.61. The summed E-state index contributed by atoms with van der Waals surface area (Å²) < 4.78 is 1.35. The van der Waals surface area contributed by atoms with Crippen molar-refractivity contribution < 1.29 is 0 Å². The minimum absolute atomic E-state index is 0.00976. The molecule has 0 N–H and O–H groups in total. The molecule has 5 aliphatic rings. The van der Waals surface area contributed by atoms with Gasteiger partial charge in [-0.15, -0.1) is 11.3 Å². The molecule has 0 bridgehead atoms. The number of nitrogens with zero attached hydrogens (tertiary/aromatic N) is 2. The Kier molecular flexibility index (Phi) is 8.11. The first-order valence-corrected chi connectivity index (χ1v) is 23.7. The molecule has 4 heteroatoms. The maximum absolute atomic E-state index is 2.89. The Balaban J connectivity index is 1.29. The minimum Gasteiger partial charge on any atom is -0.334 e. The number of anilines is 5. The van der Waals surface area contributed by atoms with E-state index >= 15 is 0 Å². The SMILES string of the molecule is CC(C)(C)C1=CCC2C(=C1)C1(C)CCC(C)(C)c3ccc4c(c31)N2c1cc(C(C)(C)C)cc2c1B4c1c(sc3ccccc13)N2c1ccc(C(C)(C)C)cc1-c1ccccc1. The fourth-order valence-electron chi connectivity index (χ4n) is 11.8. The molecule has 4 heterocycles. The summed E-state index contributed by atoms with van der Waals surface area (Å²) in [5, 5.41) is 2.74. The van der Waals surface area contributed by atoms with Crippen LogP contribution in [0.15, 0.2) is 120 Å². The molecule has 308 valence electrons. The predicted molar refractivity (Wildman–Crippen MR) is 266 cm³/mol. The standard InChI is InChI=1S/C57H61BN2S/c1-53(2,3)35-22-26-43(39(30-35)34-18-14-13-15-19-34)60-46-33-37(55(7,8)9)32-45-50(46)58(49-38-20-16-17-21-47(38)61-52(49)60)42-25-24-40-48-51(42)59(45)44-27-23-36(54(4,5)6)31-41(44)57(48,12)29-28-56(40,10)11/h13-26,30-33,44H,27-29H2,1-12H3. The van der Waals surface area contributed by atoms with Gasteiger partial charge >= 0.3 is 0 Å². The van der Waals surface area contributed by atoms with Gasteiger partial charge < -0.3 is 9.80 Å². The number of benzene rings is 5. The lowest BCUT2D eigenvalue weighted by Gasteiger charge is -2.58.